The van der Waals surface area contributed by atoms with Gasteiger partial charge in [0.2, 0.25) is 0 Å². The van der Waals surface area contributed by atoms with Gasteiger partial charge in [0.25, 0.3) is 0 Å². The summed E-state index contributed by atoms with van der Waals surface area (Å²) in [6.45, 7) is 7.13. The molecule has 0 radical (unpaired) electrons. The fourth-order valence-electron chi connectivity index (χ4n) is 2.75. The van der Waals surface area contributed by atoms with Gasteiger partial charge in [-0.15, -0.1) is 0 Å². The highest BCUT2D eigenvalue weighted by Crippen LogP contribution is 2.38. The highest BCUT2D eigenvalue weighted by molar-refractivity contribution is 6.31. The molecule has 3 nitrogen and oxygen atoms in total. The summed E-state index contributed by atoms with van der Waals surface area (Å²) in [7, 11) is 0. The van der Waals surface area contributed by atoms with E-state index in [0.29, 0.717) is 5.41 Å². The lowest BCUT2D eigenvalue weighted by Gasteiger charge is -2.55. The predicted octanol–water partition coefficient (Wildman–Crippen LogP) is 2.06. The molecule has 2 heterocycles. The van der Waals surface area contributed by atoms with Gasteiger partial charge in [-0.3, -0.25) is 4.90 Å². The molecule has 0 saturated carbocycles. The zero-order valence-corrected chi connectivity index (χ0v) is 10.8. The lowest BCUT2D eigenvalue weighted by atomic mass is 9.78. The maximum absolute atomic E-state index is 6.14. The molecule has 0 aromatic heterocycles. The molecular weight excluding hydrogens is 236 g/mol. The molecule has 1 aromatic rings. The maximum atomic E-state index is 6.14. The zero-order valence-electron chi connectivity index (χ0n) is 10.0. The van der Waals surface area contributed by atoms with Crippen LogP contribution in [-0.4, -0.2) is 31.2 Å². The van der Waals surface area contributed by atoms with Crippen LogP contribution in [0.15, 0.2) is 12.1 Å². The van der Waals surface area contributed by atoms with Crippen LogP contribution < -0.4 is 5.73 Å². The van der Waals surface area contributed by atoms with Crippen LogP contribution in [-0.2, 0) is 11.3 Å². The van der Waals surface area contributed by atoms with E-state index in [2.05, 4.69) is 11.8 Å². The number of nitrogens with two attached hydrogens (primary N) is 1. The molecule has 2 aliphatic heterocycles. The largest absolute Gasteiger partial charge is 0.399 e. The van der Waals surface area contributed by atoms with E-state index in [4.69, 9.17) is 22.1 Å². The van der Waals surface area contributed by atoms with Gasteiger partial charge in [0.1, 0.15) is 0 Å². The van der Waals surface area contributed by atoms with Crippen LogP contribution in [0.1, 0.15) is 11.1 Å². The summed E-state index contributed by atoms with van der Waals surface area (Å²) in [5.74, 6) is 0. The molecule has 0 aliphatic carbocycles. The Balaban J connectivity index is 1.69. The number of nitrogens with zero attached hydrogens (tertiary/aromatic N) is 1. The molecule has 92 valence electrons. The first-order valence-corrected chi connectivity index (χ1v) is 6.30. The van der Waals surface area contributed by atoms with Crippen molar-refractivity contribution >= 4 is 17.3 Å². The fourth-order valence-corrected chi connectivity index (χ4v) is 3.00. The minimum atomic E-state index is 0.470. The Morgan fingerprint density at radius 1 is 1.41 bits per heavy atom. The Morgan fingerprint density at radius 2 is 2.12 bits per heavy atom. The van der Waals surface area contributed by atoms with E-state index in [1.165, 1.54) is 5.56 Å². The monoisotopic (exact) mass is 252 g/mol. The molecule has 3 rings (SSSR count). The van der Waals surface area contributed by atoms with E-state index >= 15 is 0 Å². The number of rotatable bonds is 2. The van der Waals surface area contributed by atoms with E-state index in [1.54, 1.807) is 0 Å². The van der Waals surface area contributed by atoms with Crippen molar-refractivity contribution in [3.05, 3.63) is 28.3 Å². The molecular formula is C13H17ClN2O. The Labute approximate surface area is 106 Å². The molecule has 0 atom stereocenters. The number of benzene rings is 1. The topological polar surface area (TPSA) is 38.5 Å². The summed E-state index contributed by atoms with van der Waals surface area (Å²) >= 11 is 6.14. The molecule has 2 aliphatic rings. The zero-order chi connectivity index (χ0) is 12.0. The number of hydrogen-bond acceptors (Lipinski definition) is 3. The highest BCUT2D eigenvalue weighted by atomic mass is 35.5. The summed E-state index contributed by atoms with van der Waals surface area (Å²) in [6.07, 6.45) is 0. The molecule has 2 N–H and O–H groups in total. The molecule has 0 bridgehead atoms. The van der Waals surface area contributed by atoms with Crippen LogP contribution in [0.4, 0.5) is 5.69 Å². The van der Waals surface area contributed by atoms with E-state index in [0.717, 1.165) is 49.1 Å². The van der Waals surface area contributed by atoms with Crippen molar-refractivity contribution in [1.82, 2.24) is 4.90 Å². The van der Waals surface area contributed by atoms with Crippen LogP contribution in [0.25, 0.3) is 0 Å². The van der Waals surface area contributed by atoms with E-state index in [-0.39, 0.29) is 0 Å². The second-order valence-corrected chi connectivity index (χ2v) is 5.83. The smallest absolute Gasteiger partial charge is 0.0569 e. The Kier molecular flexibility index (Phi) is 2.58. The predicted molar refractivity (Wildman–Crippen MR) is 69.1 cm³/mol. The van der Waals surface area contributed by atoms with E-state index < -0.39 is 0 Å². The second kappa shape index (κ2) is 3.87. The van der Waals surface area contributed by atoms with Gasteiger partial charge < -0.3 is 10.5 Å². The second-order valence-electron chi connectivity index (χ2n) is 5.42. The number of likely N-dealkylation sites (tertiary alicyclic amines) is 1. The van der Waals surface area contributed by atoms with Gasteiger partial charge in [0, 0.05) is 35.8 Å². The number of anilines is 1. The average Bonchev–Trinajstić information content (AvgIpc) is 2.15. The summed E-state index contributed by atoms with van der Waals surface area (Å²) in [5.41, 5.74) is 9.44. The molecule has 2 saturated heterocycles. The van der Waals surface area contributed by atoms with E-state index in [9.17, 15) is 0 Å². The number of ether oxygens (including phenoxy) is 1. The number of nitrogen functional groups attached to an aromatic ring is 1. The third-order valence-electron chi connectivity index (χ3n) is 3.80. The third-order valence-corrected chi connectivity index (χ3v) is 4.20. The maximum Gasteiger partial charge on any atom is 0.0569 e. The summed E-state index contributed by atoms with van der Waals surface area (Å²) in [6, 6.07) is 3.85. The minimum Gasteiger partial charge on any atom is -0.399 e. The van der Waals surface area contributed by atoms with Crippen molar-refractivity contribution in [3.63, 3.8) is 0 Å². The molecule has 0 amide bonds. The van der Waals surface area contributed by atoms with Crippen molar-refractivity contribution in [2.45, 2.75) is 13.5 Å². The number of halogens is 1. The molecule has 4 heteroatoms. The molecule has 0 unspecified atom stereocenters. The first-order valence-electron chi connectivity index (χ1n) is 5.93. The molecule has 1 spiro atoms. The van der Waals surface area contributed by atoms with Crippen LogP contribution in [0.3, 0.4) is 0 Å². The molecule has 17 heavy (non-hydrogen) atoms. The van der Waals surface area contributed by atoms with Gasteiger partial charge in [-0.05, 0) is 30.2 Å². The Bertz CT molecular complexity index is 449. The van der Waals surface area contributed by atoms with Gasteiger partial charge in [0.05, 0.1) is 13.2 Å². The van der Waals surface area contributed by atoms with Gasteiger partial charge in [-0.2, -0.15) is 0 Å². The minimum absolute atomic E-state index is 0.470. The standard InChI is InChI=1S/C13H17ClN2O/c1-9-10(2-11(15)3-12(9)14)4-16-5-13(6-16)7-17-8-13/h2-3H,4-8,15H2,1H3. The molecule has 2 fully saturated rings. The SMILES string of the molecule is Cc1c(Cl)cc(N)cc1CN1CC2(COC2)C1. The first kappa shape index (κ1) is 11.3. The van der Waals surface area contributed by atoms with Crippen LogP contribution >= 0.6 is 11.6 Å². The number of hydrogen-bond donors (Lipinski definition) is 1. The van der Waals surface area contributed by atoms with Gasteiger partial charge in [0.15, 0.2) is 0 Å². The van der Waals surface area contributed by atoms with Crippen molar-refractivity contribution in [2.75, 3.05) is 32.0 Å². The fraction of sp³-hybridized carbons (Fsp3) is 0.538. The van der Waals surface area contributed by atoms with Crippen molar-refractivity contribution in [1.29, 1.82) is 0 Å². The van der Waals surface area contributed by atoms with E-state index in [1.807, 2.05) is 12.1 Å². The third kappa shape index (κ3) is 1.92. The van der Waals surface area contributed by atoms with Crippen molar-refractivity contribution in [2.24, 2.45) is 5.41 Å². The lowest BCUT2D eigenvalue weighted by molar-refractivity contribution is -0.191. The first-order chi connectivity index (χ1) is 8.08. The normalized spacial score (nSPS) is 22.2. The van der Waals surface area contributed by atoms with Gasteiger partial charge in [-0.25, -0.2) is 0 Å². The van der Waals surface area contributed by atoms with Crippen LogP contribution in [0, 0.1) is 12.3 Å². The summed E-state index contributed by atoms with van der Waals surface area (Å²) in [4.78, 5) is 2.43. The average molecular weight is 253 g/mol. The summed E-state index contributed by atoms with van der Waals surface area (Å²) in [5, 5.41) is 0.766. The Morgan fingerprint density at radius 3 is 2.71 bits per heavy atom. The van der Waals surface area contributed by atoms with Gasteiger partial charge in [-0.1, -0.05) is 11.6 Å². The van der Waals surface area contributed by atoms with Crippen LogP contribution in [0.2, 0.25) is 5.02 Å². The summed E-state index contributed by atoms with van der Waals surface area (Å²) < 4.78 is 5.27. The quantitative estimate of drug-likeness (QED) is 0.819. The van der Waals surface area contributed by atoms with Gasteiger partial charge >= 0.3 is 0 Å². The van der Waals surface area contributed by atoms with Crippen molar-refractivity contribution < 1.29 is 4.74 Å². The lowest BCUT2D eigenvalue weighted by Crippen LogP contribution is -2.65. The Hall–Kier alpha value is -0.770. The highest BCUT2D eigenvalue weighted by Gasteiger charge is 2.48. The molecule has 1 aromatic carbocycles. The van der Waals surface area contributed by atoms with Crippen LogP contribution in [0.5, 0.6) is 0 Å². The van der Waals surface area contributed by atoms with Crippen molar-refractivity contribution in [3.8, 4) is 0 Å².